The molecule has 3 atom stereocenters. The van der Waals surface area contributed by atoms with Crippen molar-refractivity contribution in [2.75, 3.05) is 27.6 Å². The fourth-order valence-corrected chi connectivity index (χ4v) is 4.55. The van der Waals surface area contributed by atoms with E-state index in [1.807, 2.05) is 30.3 Å². The zero-order chi connectivity index (χ0) is 18.5. The Morgan fingerprint density at radius 3 is 2.52 bits per heavy atom. The van der Waals surface area contributed by atoms with Gasteiger partial charge in [0.25, 0.3) is 0 Å². The Kier molecular flexibility index (Phi) is 3.67. The minimum atomic E-state index is -0.212. The van der Waals surface area contributed by atoms with Crippen LogP contribution in [0.4, 0.5) is 0 Å². The van der Waals surface area contributed by atoms with Crippen LogP contribution in [0, 0.1) is 11.8 Å². The van der Waals surface area contributed by atoms with E-state index in [2.05, 4.69) is 0 Å². The van der Waals surface area contributed by atoms with E-state index < -0.39 is 0 Å². The van der Waals surface area contributed by atoms with Crippen molar-refractivity contribution in [3.63, 3.8) is 0 Å². The maximum absolute atomic E-state index is 12.6. The number of esters is 1. The predicted octanol–water partition coefficient (Wildman–Crippen LogP) is 2.91. The molecule has 0 amide bonds. The van der Waals surface area contributed by atoms with Gasteiger partial charge >= 0.3 is 5.97 Å². The largest absolute Gasteiger partial charge is 0.493 e. The molecule has 140 valence electrons. The molecule has 2 aromatic rings. The van der Waals surface area contributed by atoms with E-state index >= 15 is 0 Å². The minimum absolute atomic E-state index is 0.122. The van der Waals surface area contributed by atoms with Crippen LogP contribution in [-0.2, 0) is 16.0 Å². The number of hydrogen-bond acceptors (Lipinski definition) is 6. The number of fused-ring (bicyclic) bond motifs is 3. The monoisotopic (exact) mass is 368 g/mol. The summed E-state index contributed by atoms with van der Waals surface area (Å²) in [6.45, 7) is 0.690. The highest BCUT2D eigenvalue weighted by Gasteiger charge is 2.48. The fraction of sp³-hybridized carbons (Fsp3) is 0.381. The second-order valence-corrected chi connectivity index (χ2v) is 7.12. The third kappa shape index (κ3) is 2.43. The molecule has 3 aliphatic rings. The van der Waals surface area contributed by atoms with Crippen LogP contribution in [0.5, 0.6) is 23.0 Å². The van der Waals surface area contributed by atoms with Crippen molar-refractivity contribution in [1.82, 2.24) is 0 Å². The molecule has 1 aliphatic carbocycles. The number of carbonyl (C=O) groups excluding carboxylic acids is 1. The summed E-state index contributed by atoms with van der Waals surface area (Å²) in [5, 5.41) is 0. The molecule has 2 aromatic carbocycles. The van der Waals surface area contributed by atoms with E-state index in [0.717, 1.165) is 29.0 Å². The molecule has 2 heterocycles. The van der Waals surface area contributed by atoms with Gasteiger partial charge in [0.2, 0.25) is 6.79 Å². The Morgan fingerprint density at radius 2 is 1.74 bits per heavy atom. The average molecular weight is 368 g/mol. The van der Waals surface area contributed by atoms with Crippen LogP contribution in [0.15, 0.2) is 30.3 Å². The molecule has 0 aromatic heterocycles. The predicted molar refractivity (Wildman–Crippen MR) is 95.6 cm³/mol. The van der Waals surface area contributed by atoms with Gasteiger partial charge in [-0.15, -0.1) is 0 Å². The number of rotatable bonds is 3. The van der Waals surface area contributed by atoms with E-state index in [1.54, 1.807) is 14.2 Å². The van der Waals surface area contributed by atoms with Gasteiger partial charge in [0.15, 0.2) is 23.0 Å². The first-order chi connectivity index (χ1) is 13.2. The van der Waals surface area contributed by atoms with Crippen LogP contribution >= 0.6 is 0 Å². The lowest BCUT2D eigenvalue weighted by Crippen LogP contribution is -2.31. The lowest BCUT2D eigenvalue weighted by molar-refractivity contribution is -0.141. The van der Waals surface area contributed by atoms with Crippen molar-refractivity contribution in [3.8, 4) is 23.0 Å². The molecule has 1 saturated heterocycles. The molecule has 6 nitrogen and oxygen atoms in total. The van der Waals surface area contributed by atoms with Gasteiger partial charge in [0.05, 0.1) is 26.7 Å². The highest BCUT2D eigenvalue weighted by atomic mass is 16.7. The maximum Gasteiger partial charge on any atom is 0.310 e. The molecule has 0 radical (unpaired) electrons. The summed E-state index contributed by atoms with van der Waals surface area (Å²) in [5.41, 5.74) is 3.27. The molecule has 0 bridgehead atoms. The quantitative estimate of drug-likeness (QED) is 0.777. The van der Waals surface area contributed by atoms with Gasteiger partial charge in [-0.25, -0.2) is 0 Å². The van der Waals surface area contributed by atoms with Gasteiger partial charge in [-0.1, -0.05) is 6.07 Å². The number of cyclic esters (lactones) is 1. The van der Waals surface area contributed by atoms with Gasteiger partial charge in [0.1, 0.15) is 0 Å². The molecule has 0 spiro atoms. The zero-order valence-corrected chi connectivity index (χ0v) is 15.2. The van der Waals surface area contributed by atoms with E-state index in [1.165, 1.54) is 5.56 Å². The standard InChI is InChI=1S/C21H20O6/c1-23-15-4-3-11(6-16(15)24-2)19-14-8-18-17(26-10-27-18)7-12(14)5-13-9-25-21(22)20(13)19/h3-4,6-8,13,19-20H,5,9-10H2,1-2H3/t13-,19-,20-/m1/s1. The zero-order valence-electron chi connectivity index (χ0n) is 15.2. The summed E-state index contributed by atoms with van der Waals surface area (Å²) in [7, 11) is 3.22. The Morgan fingerprint density at radius 1 is 0.963 bits per heavy atom. The molecule has 0 N–H and O–H groups in total. The van der Waals surface area contributed by atoms with Crippen LogP contribution in [0.25, 0.3) is 0 Å². The van der Waals surface area contributed by atoms with E-state index in [0.29, 0.717) is 18.1 Å². The topological polar surface area (TPSA) is 63.2 Å². The first-order valence-electron chi connectivity index (χ1n) is 9.00. The second kappa shape index (κ2) is 6.08. The van der Waals surface area contributed by atoms with E-state index in [-0.39, 0.29) is 30.5 Å². The highest BCUT2D eigenvalue weighted by Crippen LogP contribution is 2.51. The normalized spacial score (nSPS) is 24.8. The third-order valence-corrected chi connectivity index (χ3v) is 5.80. The molecule has 27 heavy (non-hydrogen) atoms. The SMILES string of the molecule is COc1ccc([C@@H]2c3cc4c(cc3C[C@@H]3COC(=O)[C@H]32)OCO4)cc1OC. The Bertz CT molecular complexity index is 921. The van der Waals surface area contributed by atoms with Gasteiger partial charge in [-0.2, -0.15) is 0 Å². The third-order valence-electron chi connectivity index (χ3n) is 5.80. The summed E-state index contributed by atoms with van der Waals surface area (Å²) in [5.74, 6) is 2.48. The Hall–Kier alpha value is -2.89. The Labute approximate surface area is 156 Å². The van der Waals surface area contributed by atoms with Gasteiger partial charge in [-0.3, -0.25) is 4.79 Å². The summed E-state index contributed by atoms with van der Waals surface area (Å²) in [6.07, 6.45) is 0.798. The van der Waals surface area contributed by atoms with Gasteiger partial charge in [-0.05, 0) is 47.4 Å². The van der Waals surface area contributed by atoms with Crippen LogP contribution in [0.2, 0.25) is 0 Å². The summed E-state index contributed by atoms with van der Waals surface area (Å²) < 4.78 is 27.4. The van der Waals surface area contributed by atoms with E-state index in [4.69, 9.17) is 23.7 Å². The average Bonchev–Trinajstić information content (AvgIpc) is 3.30. The number of benzene rings is 2. The number of carbonyl (C=O) groups is 1. The first-order valence-corrected chi connectivity index (χ1v) is 9.00. The molecular weight excluding hydrogens is 348 g/mol. The Balaban J connectivity index is 1.68. The van der Waals surface area contributed by atoms with Crippen molar-refractivity contribution in [2.24, 2.45) is 11.8 Å². The second-order valence-electron chi connectivity index (χ2n) is 7.12. The smallest absolute Gasteiger partial charge is 0.310 e. The molecule has 6 heteroatoms. The molecular formula is C21H20O6. The molecule has 1 fully saturated rings. The van der Waals surface area contributed by atoms with Crippen LogP contribution in [0.3, 0.4) is 0 Å². The number of ether oxygens (including phenoxy) is 5. The lowest BCUT2D eigenvalue weighted by Gasteiger charge is -2.33. The molecule has 2 aliphatic heterocycles. The summed E-state index contributed by atoms with van der Waals surface area (Å²) in [4.78, 5) is 12.6. The first kappa shape index (κ1) is 16.3. The van der Waals surface area contributed by atoms with Crippen LogP contribution in [-0.4, -0.2) is 33.6 Å². The van der Waals surface area contributed by atoms with Crippen LogP contribution in [0.1, 0.15) is 22.6 Å². The van der Waals surface area contributed by atoms with Crippen molar-refractivity contribution in [3.05, 3.63) is 47.0 Å². The molecule has 0 unspecified atom stereocenters. The molecule has 0 saturated carbocycles. The maximum atomic E-state index is 12.6. The summed E-state index contributed by atoms with van der Waals surface area (Å²) in [6, 6.07) is 9.89. The van der Waals surface area contributed by atoms with Gasteiger partial charge < -0.3 is 23.7 Å². The number of hydrogen-bond donors (Lipinski definition) is 0. The number of methoxy groups -OCH3 is 2. The van der Waals surface area contributed by atoms with Crippen molar-refractivity contribution >= 4 is 5.97 Å². The van der Waals surface area contributed by atoms with E-state index in [9.17, 15) is 4.79 Å². The minimum Gasteiger partial charge on any atom is -0.493 e. The fourth-order valence-electron chi connectivity index (χ4n) is 4.55. The van der Waals surface area contributed by atoms with Crippen LogP contribution < -0.4 is 18.9 Å². The van der Waals surface area contributed by atoms with Crippen molar-refractivity contribution in [2.45, 2.75) is 12.3 Å². The molecule has 5 rings (SSSR count). The van der Waals surface area contributed by atoms with Crippen molar-refractivity contribution < 1.29 is 28.5 Å². The highest BCUT2D eigenvalue weighted by molar-refractivity contribution is 5.78. The lowest BCUT2D eigenvalue weighted by atomic mass is 9.67. The summed E-state index contributed by atoms with van der Waals surface area (Å²) >= 11 is 0. The van der Waals surface area contributed by atoms with Gasteiger partial charge in [0, 0.05) is 11.8 Å². The van der Waals surface area contributed by atoms with Crippen molar-refractivity contribution in [1.29, 1.82) is 0 Å².